The van der Waals surface area contributed by atoms with Gasteiger partial charge in [0, 0.05) is 24.5 Å². The van der Waals surface area contributed by atoms with Gasteiger partial charge in [0.2, 0.25) is 23.7 Å². The van der Waals surface area contributed by atoms with Gasteiger partial charge >= 0.3 is 0 Å². The van der Waals surface area contributed by atoms with Crippen molar-refractivity contribution in [3.8, 4) is 11.8 Å². The number of nitrogen functional groups attached to an aromatic ring is 2. The van der Waals surface area contributed by atoms with Gasteiger partial charge in [0.05, 0.1) is 14.2 Å². The van der Waals surface area contributed by atoms with Gasteiger partial charge in [0.25, 0.3) is 0 Å². The number of hydrogen-bond donors (Lipinski definition) is 2. The van der Waals surface area contributed by atoms with E-state index >= 15 is 0 Å². The molecule has 0 atom stereocenters. The zero-order valence-corrected chi connectivity index (χ0v) is 22.1. The number of fused-ring (bicyclic) bond motifs is 2. The number of hydrogen-bond acceptors (Lipinski definition) is 12. The van der Waals surface area contributed by atoms with Crippen molar-refractivity contribution in [1.29, 1.82) is 0 Å². The lowest BCUT2D eigenvalue weighted by Gasteiger charge is -2.20. The van der Waals surface area contributed by atoms with E-state index < -0.39 is 0 Å². The molecule has 0 unspecified atom stereocenters. The molecular formula is C28H28N8O4. The van der Waals surface area contributed by atoms with Crippen molar-refractivity contribution in [3.63, 3.8) is 0 Å². The molecule has 40 heavy (non-hydrogen) atoms. The Bertz CT molecular complexity index is 1460. The molecule has 0 amide bonds. The van der Waals surface area contributed by atoms with Crippen LogP contribution in [0.3, 0.4) is 0 Å². The summed E-state index contributed by atoms with van der Waals surface area (Å²) in [5.74, 6) is 1.57. The lowest BCUT2D eigenvalue weighted by atomic mass is 10.2. The lowest BCUT2D eigenvalue weighted by molar-refractivity contribution is 0.111. The maximum Gasteiger partial charge on any atom is 0.230 e. The normalized spacial score (nSPS) is 13.2. The van der Waals surface area contributed by atoms with Crippen LogP contribution in [-0.4, -0.2) is 59.8 Å². The SMILES string of the molecule is COc1nc(N)nc(N2CCc3ccccc32)c1C=O.COc1nc(N)nc(N2CCc3ccccc32)c1C=O. The summed E-state index contributed by atoms with van der Waals surface area (Å²) in [5.41, 5.74) is 16.6. The van der Waals surface area contributed by atoms with Crippen molar-refractivity contribution in [2.75, 3.05) is 48.6 Å². The summed E-state index contributed by atoms with van der Waals surface area (Å²) in [4.78, 5) is 43.0. The third-order valence-electron chi connectivity index (χ3n) is 6.72. The Morgan fingerprint density at radius 3 is 1.45 bits per heavy atom. The smallest absolute Gasteiger partial charge is 0.230 e. The molecule has 0 radical (unpaired) electrons. The number of aldehydes is 2. The molecule has 2 aromatic carbocycles. The molecule has 0 saturated heterocycles. The van der Waals surface area contributed by atoms with Crippen LogP contribution in [0.25, 0.3) is 0 Å². The van der Waals surface area contributed by atoms with Gasteiger partial charge in [-0.15, -0.1) is 0 Å². The second-order valence-corrected chi connectivity index (χ2v) is 8.95. The number of nitrogens with two attached hydrogens (primary N) is 2. The largest absolute Gasteiger partial charge is 0.480 e. The van der Waals surface area contributed by atoms with E-state index in [1.165, 1.54) is 25.3 Å². The molecule has 0 spiro atoms. The predicted octanol–water partition coefficient (Wildman–Crippen LogP) is 3.15. The Morgan fingerprint density at radius 2 is 1.07 bits per heavy atom. The number of methoxy groups -OCH3 is 2. The second-order valence-electron chi connectivity index (χ2n) is 8.95. The van der Waals surface area contributed by atoms with E-state index in [2.05, 4.69) is 32.1 Å². The number of nitrogens with zero attached hydrogens (tertiary/aromatic N) is 6. The minimum atomic E-state index is 0.0897. The van der Waals surface area contributed by atoms with E-state index in [-0.39, 0.29) is 23.7 Å². The van der Waals surface area contributed by atoms with Gasteiger partial charge in [-0.1, -0.05) is 36.4 Å². The standard InChI is InChI=1S/2C14H14N4O2/c2*1-20-13-10(8-19)12(16-14(15)17-13)18-7-6-9-4-2-3-5-11(9)18/h2*2-5,8H,6-7H2,1H3,(H2,15,16,17). The molecule has 4 N–H and O–H groups in total. The van der Waals surface area contributed by atoms with Gasteiger partial charge in [-0.2, -0.15) is 19.9 Å². The maximum absolute atomic E-state index is 11.4. The average molecular weight is 541 g/mol. The van der Waals surface area contributed by atoms with Crippen LogP contribution in [0.15, 0.2) is 48.5 Å². The zero-order chi connectivity index (χ0) is 28.2. The predicted molar refractivity (Wildman–Crippen MR) is 151 cm³/mol. The minimum Gasteiger partial charge on any atom is -0.480 e. The van der Waals surface area contributed by atoms with Gasteiger partial charge in [-0.3, -0.25) is 9.59 Å². The van der Waals surface area contributed by atoms with Gasteiger partial charge in [-0.25, -0.2) is 0 Å². The summed E-state index contributed by atoms with van der Waals surface area (Å²) >= 11 is 0. The van der Waals surface area contributed by atoms with Crippen molar-refractivity contribution in [2.45, 2.75) is 12.8 Å². The molecule has 2 aliphatic heterocycles. The van der Waals surface area contributed by atoms with Crippen molar-refractivity contribution in [2.24, 2.45) is 0 Å². The molecule has 0 bridgehead atoms. The highest BCUT2D eigenvalue weighted by molar-refractivity contribution is 5.90. The van der Waals surface area contributed by atoms with E-state index in [0.717, 1.165) is 37.3 Å². The van der Waals surface area contributed by atoms with Gasteiger partial charge in [0.15, 0.2) is 24.2 Å². The zero-order valence-electron chi connectivity index (χ0n) is 22.1. The van der Waals surface area contributed by atoms with Crippen molar-refractivity contribution < 1.29 is 19.1 Å². The monoisotopic (exact) mass is 540 g/mol. The molecule has 12 nitrogen and oxygen atoms in total. The summed E-state index contributed by atoms with van der Waals surface area (Å²) in [5, 5.41) is 0. The van der Waals surface area contributed by atoms with E-state index in [9.17, 15) is 9.59 Å². The van der Waals surface area contributed by atoms with Crippen molar-refractivity contribution >= 4 is 47.5 Å². The Balaban J connectivity index is 0.000000161. The van der Waals surface area contributed by atoms with Crippen LogP contribution in [0.2, 0.25) is 0 Å². The summed E-state index contributed by atoms with van der Waals surface area (Å²) in [6.45, 7) is 1.50. The molecule has 4 aromatic rings. The van der Waals surface area contributed by atoms with Crippen LogP contribution in [0.1, 0.15) is 31.8 Å². The highest BCUT2D eigenvalue weighted by Crippen LogP contribution is 2.38. The minimum absolute atomic E-state index is 0.0897. The first-order chi connectivity index (χ1) is 19.5. The highest BCUT2D eigenvalue weighted by Gasteiger charge is 2.27. The first kappa shape index (κ1) is 26.4. The number of ether oxygens (including phenoxy) is 2. The van der Waals surface area contributed by atoms with Gasteiger partial charge < -0.3 is 30.7 Å². The van der Waals surface area contributed by atoms with Crippen LogP contribution < -0.4 is 30.7 Å². The molecule has 2 aromatic heterocycles. The third kappa shape index (κ3) is 4.82. The molecule has 12 heteroatoms. The second kappa shape index (κ2) is 11.2. The first-order valence-corrected chi connectivity index (χ1v) is 12.5. The highest BCUT2D eigenvalue weighted by atomic mass is 16.5. The van der Waals surface area contributed by atoms with Gasteiger partial charge in [-0.05, 0) is 36.1 Å². The lowest BCUT2D eigenvalue weighted by Crippen LogP contribution is -2.19. The molecule has 0 saturated carbocycles. The van der Waals surface area contributed by atoms with Crippen LogP contribution in [0.4, 0.5) is 34.9 Å². The Labute approximate surface area is 230 Å². The molecule has 6 rings (SSSR count). The Kier molecular flexibility index (Phi) is 7.40. The van der Waals surface area contributed by atoms with E-state index in [4.69, 9.17) is 20.9 Å². The quantitative estimate of drug-likeness (QED) is 0.344. The average Bonchev–Trinajstić information content (AvgIpc) is 3.61. The number of carbonyl (C=O) groups excluding carboxylic acids is 2. The number of anilines is 6. The van der Waals surface area contributed by atoms with Crippen LogP contribution >= 0.6 is 0 Å². The Hall–Kier alpha value is -5.26. The van der Waals surface area contributed by atoms with Crippen LogP contribution in [-0.2, 0) is 12.8 Å². The number of para-hydroxylation sites is 2. The number of carbonyl (C=O) groups is 2. The topological polar surface area (TPSA) is 163 Å². The molecular weight excluding hydrogens is 512 g/mol. The fourth-order valence-electron chi connectivity index (χ4n) is 4.95. The number of aromatic nitrogens is 4. The molecule has 204 valence electrons. The Morgan fingerprint density at radius 1 is 0.675 bits per heavy atom. The first-order valence-electron chi connectivity index (χ1n) is 12.5. The molecule has 0 fully saturated rings. The van der Waals surface area contributed by atoms with E-state index in [1.54, 1.807) is 0 Å². The third-order valence-corrected chi connectivity index (χ3v) is 6.72. The number of benzene rings is 2. The molecule has 4 heterocycles. The molecule has 2 aliphatic rings. The van der Waals surface area contributed by atoms with Crippen molar-refractivity contribution in [3.05, 3.63) is 70.8 Å². The van der Waals surface area contributed by atoms with Crippen LogP contribution in [0, 0.1) is 0 Å². The van der Waals surface area contributed by atoms with E-state index in [0.29, 0.717) is 35.3 Å². The summed E-state index contributed by atoms with van der Waals surface area (Å²) < 4.78 is 10.2. The van der Waals surface area contributed by atoms with E-state index in [1.807, 2.05) is 46.2 Å². The fraction of sp³-hybridized carbons (Fsp3) is 0.214. The maximum atomic E-state index is 11.4. The summed E-state index contributed by atoms with van der Waals surface area (Å²) in [7, 11) is 2.91. The van der Waals surface area contributed by atoms with Gasteiger partial charge in [0.1, 0.15) is 11.1 Å². The molecule has 0 aliphatic carbocycles. The van der Waals surface area contributed by atoms with Crippen LogP contribution in [0.5, 0.6) is 11.8 Å². The fourth-order valence-corrected chi connectivity index (χ4v) is 4.95. The summed E-state index contributed by atoms with van der Waals surface area (Å²) in [6.07, 6.45) is 3.21. The number of rotatable bonds is 6. The van der Waals surface area contributed by atoms with Crippen molar-refractivity contribution in [1.82, 2.24) is 19.9 Å². The summed E-state index contributed by atoms with van der Waals surface area (Å²) in [6, 6.07) is 16.0.